The second-order valence-electron chi connectivity index (χ2n) is 5.05. The third kappa shape index (κ3) is 4.19. The summed E-state index contributed by atoms with van der Waals surface area (Å²) in [6, 6.07) is 14.2. The first-order chi connectivity index (χ1) is 11.6. The molecule has 24 heavy (non-hydrogen) atoms. The lowest BCUT2D eigenvalue weighted by atomic mass is 10.0. The highest BCUT2D eigenvalue weighted by molar-refractivity contribution is 6.30. The van der Waals surface area contributed by atoms with Gasteiger partial charge in [-0.3, -0.25) is 0 Å². The van der Waals surface area contributed by atoms with E-state index in [1.165, 1.54) is 14.2 Å². The highest BCUT2D eigenvalue weighted by Crippen LogP contribution is 2.31. The molecule has 2 atom stereocenters. The van der Waals surface area contributed by atoms with E-state index in [1.807, 2.05) is 36.4 Å². The van der Waals surface area contributed by atoms with Gasteiger partial charge in [-0.25, -0.2) is 4.79 Å². The summed E-state index contributed by atoms with van der Waals surface area (Å²) in [4.78, 5) is 12.1. The average molecular weight is 350 g/mol. The lowest BCUT2D eigenvalue weighted by molar-refractivity contribution is -0.153. The summed E-state index contributed by atoms with van der Waals surface area (Å²) < 4.78 is 15.6. The number of carbonyl (C=O) groups is 1. The molecule has 2 aromatic carbocycles. The summed E-state index contributed by atoms with van der Waals surface area (Å²) in [5.74, 6) is 0.191. The van der Waals surface area contributed by atoms with Crippen LogP contribution in [-0.4, -0.2) is 33.4 Å². The maximum absolute atomic E-state index is 12.1. The van der Waals surface area contributed by atoms with Crippen LogP contribution in [0.15, 0.2) is 48.5 Å². The molecule has 0 fully saturated rings. The molecular weight excluding hydrogens is 330 g/mol. The summed E-state index contributed by atoms with van der Waals surface area (Å²) in [5.41, 5.74) is 1.58. The molecule has 0 heterocycles. The number of hydrogen-bond donors (Lipinski definition) is 1. The molecule has 0 aliphatic heterocycles. The number of rotatable bonds is 7. The van der Waals surface area contributed by atoms with Crippen molar-refractivity contribution in [3.8, 4) is 5.75 Å². The van der Waals surface area contributed by atoms with E-state index in [-0.39, 0.29) is 0 Å². The lowest BCUT2D eigenvalue weighted by Gasteiger charge is -2.27. The van der Waals surface area contributed by atoms with Gasteiger partial charge in [0.25, 0.3) is 0 Å². The summed E-state index contributed by atoms with van der Waals surface area (Å²) in [6.07, 6.45) is -0.832. The smallest absolute Gasteiger partial charge is 0.337 e. The summed E-state index contributed by atoms with van der Waals surface area (Å²) in [7, 11) is 4.39. The van der Waals surface area contributed by atoms with Gasteiger partial charge in [-0.15, -0.1) is 0 Å². The van der Waals surface area contributed by atoms with Gasteiger partial charge in [0.2, 0.25) is 0 Å². The number of para-hydroxylation sites is 2. The van der Waals surface area contributed by atoms with Crippen molar-refractivity contribution in [1.29, 1.82) is 0 Å². The fourth-order valence-corrected chi connectivity index (χ4v) is 2.55. The van der Waals surface area contributed by atoms with Crippen molar-refractivity contribution < 1.29 is 19.0 Å². The normalized spacial score (nSPS) is 13.0. The van der Waals surface area contributed by atoms with Gasteiger partial charge in [0.15, 0.2) is 6.10 Å². The van der Waals surface area contributed by atoms with Crippen LogP contribution in [0, 0.1) is 0 Å². The average Bonchev–Trinajstić information content (AvgIpc) is 2.62. The second kappa shape index (κ2) is 8.57. The molecule has 2 rings (SSSR count). The molecule has 5 nitrogen and oxygen atoms in total. The molecule has 0 aliphatic carbocycles. The quantitative estimate of drug-likeness (QED) is 0.772. The van der Waals surface area contributed by atoms with E-state index >= 15 is 0 Å². The summed E-state index contributed by atoms with van der Waals surface area (Å²) >= 11 is 5.96. The number of nitrogens with one attached hydrogen (secondary N) is 1. The molecule has 0 aromatic heterocycles. The monoisotopic (exact) mass is 349 g/mol. The highest BCUT2D eigenvalue weighted by Gasteiger charge is 2.31. The van der Waals surface area contributed by atoms with E-state index < -0.39 is 18.1 Å². The van der Waals surface area contributed by atoms with E-state index in [9.17, 15) is 4.79 Å². The van der Waals surface area contributed by atoms with Gasteiger partial charge in [-0.05, 0) is 29.8 Å². The van der Waals surface area contributed by atoms with E-state index in [1.54, 1.807) is 19.2 Å². The predicted octanol–water partition coefficient (Wildman–Crippen LogP) is 3.69. The number of carbonyl (C=O) groups excluding carboxylic acids is 1. The Balaban J connectivity index is 2.41. The minimum atomic E-state index is -0.832. The van der Waals surface area contributed by atoms with Crippen LogP contribution in [0.4, 0.5) is 5.69 Å². The van der Waals surface area contributed by atoms with Crippen LogP contribution in [0.3, 0.4) is 0 Å². The number of esters is 1. The van der Waals surface area contributed by atoms with Crippen molar-refractivity contribution in [3.63, 3.8) is 0 Å². The molecule has 0 spiro atoms. The minimum absolute atomic E-state index is 0.472. The van der Waals surface area contributed by atoms with E-state index in [0.29, 0.717) is 10.8 Å². The Hall–Kier alpha value is -2.24. The second-order valence-corrected chi connectivity index (χ2v) is 5.49. The number of benzene rings is 2. The van der Waals surface area contributed by atoms with Gasteiger partial charge >= 0.3 is 5.97 Å². The Morgan fingerprint density at radius 2 is 1.71 bits per heavy atom. The van der Waals surface area contributed by atoms with Gasteiger partial charge in [0.1, 0.15) is 5.75 Å². The molecule has 0 aliphatic rings. The van der Waals surface area contributed by atoms with E-state index in [4.69, 9.17) is 25.8 Å². The minimum Gasteiger partial charge on any atom is -0.495 e. The van der Waals surface area contributed by atoms with E-state index in [2.05, 4.69) is 5.32 Å². The molecule has 0 unspecified atom stereocenters. The van der Waals surface area contributed by atoms with Crippen molar-refractivity contribution >= 4 is 23.3 Å². The zero-order valence-corrected chi connectivity index (χ0v) is 14.5. The Labute approximate surface area is 146 Å². The molecule has 2 aromatic rings. The van der Waals surface area contributed by atoms with Crippen molar-refractivity contribution in [1.82, 2.24) is 0 Å². The van der Waals surface area contributed by atoms with Crippen LogP contribution in [0.5, 0.6) is 5.75 Å². The molecule has 0 saturated heterocycles. The van der Waals surface area contributed by atoms with Gasteiger partial charge in [-0.2, -0.15) is 0 Å². The topological polar surface area (TPSA) is 56.8 Å². The largest absolute Gasteiger partial charge is 0.495 e. The molecule has 0 bridgehead atoms. The van der Waals surface area contributed by atoms with Gasteiger partial charge in [0.05, 0.1) is 25.9 Å². The SMILES string of the molecule is COC(=O)[C@@H](OC)[C@@H](Nc1ccccc1OC)c1ccc(Cl)cc1. The van der Waals surface area contributed by atoms with Gasteiger partial charge in [0, 0.05) is 12.1 Å². The fourth-order valence-electron chi connectivity index (χ4n) is 2.42. The zero-order chi connectivity index (χ0) is 17.5. The molecule has 6 heteroatoms. The summed E-state index contributed by atoms with van der Waals surface area (Å²) in [5, 5.41) is 3.92. The lowest BCUT2D eigenvalue weighted by Crippen LogP contribution is -2.35. The van der Waals surface area contributed by atoms with Crippen molar-refractivity contribution in [2.45, 2.75) is 12.1 Å². The number of methoxy groups -OCH3 is 3. The number of anilines is 1. The first-order valence-corrected chi connectivity index (χ1v) is 7.74. The highest BCUT2D eigenvalue weighted by atomic mass is 35.5. The molecule has 1 N–H and O–H groups in total. The third-order valence-electron chi connectivity index (χ3n) is 3.64. The molecule has 0 saturated carbocycles. The van der Waals surface area contributed by atoms with Crippen LogP contribution in [0.1, 0.15) is 11.6 Å². The Morgan fingerprint density at radius 1 is 1.04 bits per heavy atom. The molecule has 128 valence electrons. The Bertz CT molecular complexity index is 675. The van der Waals surface area contributed by atoms with Crippen LogP contribution in [0.2, 0.25) is 5.02 Å². The maximum Gasteiger partial charge on any atom is 0.337 e. The van der Waals surface area contributed by atoms with Crippen molar-refractivity contribution in [2.75, 3.05) is 26.6 Å². The van der Waals surface area contributed by atoms with Gasteiger partial charge < -0.3 is 19.5 Å². The summed E-state index contributed by atoms with van der Waals surface area (Å²) in [6.45, 7) is 0. The zero-order valence-electron chi connectivity index (χ0n) is 13.8. The van der Waals surface area contributed by atoms with Crippen LogP contribution >= 0.6 is 11.6 Å². The van der Waals surface area contributed by atoms with E-state index in [0.717, 1.165) is 11.3 Å². The number of halogens is 1. The molecule has 0 radical (unpaired) electrons. The Morgan fingerprint density at radius 3 is 2.29 bits per heavy atom. The standard InChI is InChI=1S/C18H20ClNO4/c1-22-15-7-5-4-6-14(15)20-16(17(23-2)18(21)24-3)12-8-10-13(19)11-9-12/h4-11,16-17,20H,1-3H3/t16-,17-/m0/s1. The molecular formula is C18H20ClNO4. The first-order valence-electron chi connectivity index (χ1n) is 7.36. The first kappa shape index (κ1) is 18.1. The predicted molar refractivity (Wildman–Crippen MR) is 93.6 cm³/mol. The number of ether oxygens (including phenoxy) is 3. The maximum atomic E-state index is 12.1. The van der Waals surface area contributed by atoms with Crippen LogP contribution in [-0.2, 0) is 14.3 Å². The number of hydrogen-bond acceptors (Lipinski definition) is 5. The molecule has 0 amide bonds. The van der Waals surface area contributed by atoms with Gasteiger partial charge in [-0.1, -0.05) is 35.9 Å². The Kier molecular flexibility index (Phi) is 6.46. The third-order valence-corrected chi connectivity index (χ3v) is 3.89. The van der Waals surface area contributed by atoms with Crippen LogP contribution in [0.25, 0.3) is 0 Å². The van der Waals surface area contributed by atoms with Crippen molar-refractivity contribution in [2.24, 2.45) is 0 Å². The van der Waals surface area contributed by atoms with Crippen LogP contribution < -0.4 is 10.1 Å². The fraction of sp³-hybridized carbons (Fsp3) is 0.278. The van der Waals surface area contributed by atoms with Crippen molar-refractivity contribution in [3.05, 3.63) is 59.1 Å².